The van der Waals surface area contributed by atoms with E-state index in [0.717, 1.165) is 0 Å². The van der Waals surface area contributed by atoms with Crippen molar-refractivity contribution in [1.29, 1.82) is 0 Å². The molecule has 5 heteroatoms. The number of carbonyl (C=O) groups is 1. The Balaban J connectivity index is 2.90. The number of phenols is 2. The van der Waals surface area contributed by atoms with Crippen molar-refractivity contribution in [1.82, 2.24) is 4.90 Å². The summed E-state index contributed by atoms with van der Waals surface area (Å²) in [4.78, 5) is 13.1. The summed E-state index contributed by atoms with van der Waals surface area (Å²) in [5.74, 6) is -0.232. The Morgan fingerprint density at radius 3 is 2.33 bits per heavy atom. The summed E-state index contributed by atoms with van der Waals surface area (Å²) in [5, 5.41) is 18.4. The number of carbonyl (C=O) groups excluding carboxylic acids is 1. The fourth-order valence-corrected chi connectivity index (χ4v) is 1.42. The van der Waals surface area contributed by atoms with Gasteiger partial charge in [-0.05, 0) is 12.1 Å². The monoisotopic (exact) mass is 229 g/mol. The summed E-state index contributed by atoms with van der Waals surface area (Å²) in [5.41, 5.74) is 0.236. The van der Waals surface area contributed by atoms with Crippen molar-refractivity contribution in [3.63, 3.8) is 0 Å². The van der Waals surface area contributed by atoms with E-state index in [0.29, 0.717) is 12.4 Å². The van der Waals surface area contributed by atoms with E-state index in [9.17, 15) is 15.0 Å². The molecule has 0 spiro atoms. The number of nitrogens with zero attached hydrogens (tertiary/aromatic N) is 1. The van der Waals surface area contributed by atoms with Crippen LogP contribution in [0.25, 0.3) is 0 Å². The largest absolute Gasteiger partial charge is 0.508 e. The fraction of sp³-hybridized carbons (Fsp3) is 0.300. The zero-order valence-electron chi connectivity index (χ0n) is 8.27. The average Bonchev–Trinajstić information content (AvgIpc) is 2.15. The molecule has 0 saturated carbocycles. The standard InChI is InChI=1S/C10H12ClNO3/c1-12(3-2-11)10(15)7-4-8(13)6-9(14)5-7/h4-6,13-14H,2-3H2,1H3. The number of halogens is 1. The van der Waals surface area contributed by atoms with Gasteiger partial charge < -0.3 is 15.1 Å². The van der Waals surface area contributed by atoms with Gasteiger partial charge in [-0.15, -0.1) is 11.6 Å². The number of benzene rings is 1. The van der Waals surface area contributed by atoms with Crippen LogP contribution in [0, 0.1) is 0 Å². The van der Waals surface area contributed by atoms with Gasteiger partial charge in [0.05, 0.1) is 0 Å². The molecule has 1 rings (SSSR count). The van der Waals surface area contributed by atoms with Crippen LogP contribution < -0.4 is 0 Å². The van der Waals surface area contributed by atoms with Crippen molar-refractivity contribution in [3.05, 3.63) is 23.8 Å². The molecule has 0 fully saturated rings. The van der Waals surface area contributed by atoms with E-state index in [1.807, 2.05) is 0 Å². The molecule has 0 bridgehead atoms. The SMILES string of the molecule is CN(CCCl)C(=O)c1cc(O)cc(O)c1. The highest BCUT2D eigenvalue weighted by atomic mass is 35.5. The number of rotatable bonds is 3. The molecule has 1 amide bonds. The van der Waals surface area contributed by atoms with Crippen molar-refractivity contribution in [2.75, 3.05) is 19.5 Å². The van der Waals surface area contributed by atoms with Crippen LogP contribution in [0.1, 0.15) is 10.4 Å². The summed E-state index contributed by atoms with van der Waals surface area (Å²) >= 11 is 5.50. The first kappa shape index (κ1) is 11.7. The maximum atomic E-state index is 11.7. The third-order valence-corrected chi connectivity index (χ3v) is 2.09. The van der Waals surface area contributed by atoms with Gasteiger partial charge in [-0.3, -0.25) is 4.79 Å². The Kier molecular flexibility index (Phi) is 3.80. The zero-order chi connectivity index (χ0) is 11.4. The second kappa shape index (κ2) is 4.89. The molecule has 0 heterocycles. The van der Waals surface area contributed by atoms with Crippen molar-refractivity contribution in [2.24, 2.45) is 0 Å². The average molecular weight is 230 g/mol. The topological polar surface area (TPSA) is 60.8 Å². The highest BCUT2D eigenvalue weighted by Crippen LogP contribution is 2.21. The van der Waals surface area contributed by atoms with Crippen molar-refractivity contribution >= 4 is 17.5 Å². The second-order valence-electron chi connectivity index (χ2n) is 3.15. The van der Waals surface area contributed by atoms with Crippen LogP contribution in [0.15, 0.2) is 18.2 Å². The highest BCUT2D eigenvalue weighted by Gasteiger charge is 2.12. The molecule has 0 aromatic heterocycles. The normalized spacial score (nSPS) is 10.0. The quantitative estimate of drug-likeness (QED) is 0.771. The van der Waals surface area contributed by atoms with Crippen molar-refractivity contribution in [3.8, 4) is 11.5 Å². The molecule has 82 valence electrons. The molecule has 0 aliphatic rings. The van der Waals surface area contributed by atoms with Gasteiger partial charge in [0.2, 0.25) is 0 Å². The Hall–Kier alpha value is -1.42. The number of amides is 1. The lowest BCUT2D eigenvalue weighted by atomic mass is 10.2. The number of hydrogen-bond acceptors (Lipinski definition) is 3. The van der Waals surface area contributed by atoms with Crippen LogP contribution in [0.3, 0.4) is 0 Å². The highest BCUT2D eigenvalue weighted by molar-refractivity contribution is 6.18. The first-order chi connectivity index (χ1) is 7.04. The lowest BCUT2D eigenvalue weighted by molar-refractivity contribution is 0.0802. The number of alkyl halides is 1. The second-order valence-corrected chi connectivity index (χ2v) is 3.53. The van der Waals surface area contributed by atoms with Gasteiger partial charge in [0.25, 0.3) is 5.91 Å². The summed E-state index contributed by atoms with van der Waals surface area (Å²) in [7, 11) is 1.60. The van der Waals surface area contributed by atoms with Crippen LogP contribution in [-0.2, 0) is 0 Å². The van der Waals surface area contributed by atoms with Crippen LogP contribution in [0.4, 0.5) is 0 Å². The van der Waals surface area contributed by atoms with Gasteiger partial charge in [0.15, 0.2) is 0 Å². The van der Waals surface area contributed by atoms with Gasteiger partial charge in [0, 0.05) is 31.1 Å². The Bertz CT molecular complexity index is 347. The Labute approximate surface area is 92.7 Å². The molecular formula is C10H12ClNO3. The molecule has 0 radical (unpaired) electrons. The first-order valence-electron chi connectivity index (χ1n) is 4.39. The molecule has 0 aliphatic heterocycles. The number of hydrogen-bond donors (Lipinski definition) is 2. The van der Waals surface area contributed by atoms with E-state index in [1.165, 1.54) is 23.1 Å². The summed E-state index contributed by atoms with van der Waals surface area (Å²) in [6.45, 7) is 0.413. The maximum Gasteiger partial charge on any atom is 0.253 e. The lowest BCUT2D eigenvalue weighted by Crippen LogP contribution is -2.28. The first-order valence-corrected chi connectivity index (χ1v) is 4.92. The molecule has 0 atom stereocenters. The number of phenolic OH excluding ortho intramolecular Hbond substituents is 2. The molecule has 0 aliphatic carbocycles. The third-order valence-electron chi connectivity index (χ3n) is 1.92. The van der Waals surface area contributed by atoms with Crippen molar-refractivity contribution in [2.45, 2.75) is 0 Å². The van der Waals surface area contributed by atoms with Crippen LogP contribution in [-0.4, -0.2) is 40.5 Å². The van der Waals surface area contributed by atoms with Crippen LogP contribution >= 0.6 is 11.6 Å². The van der Waals surface area contributed by atoms with E-state index < -0.39 is 0 Å². The molecule has 15 heavy (non-hydrogen) atoms. The van der Waals surface area contributed by atoms with Crippen LogP contribution in [0.5, 0.6) is 11.5 Å². The predicted octanol–water partition coefficient (Wildman–Crippen LogP) is 1.41. The molecule has 0 saturated heterocycles. The Morgan fingerprint density at radius 2 is 1.87 bits per heavy atom. The summed E-state index contributed by atoms with van der Waals surface area (Å²) in [6, 6.07) is 3.76. The summed E-state index contributed by atoms with van der Waals surface area (Å²) < 4.78 is 0. The molecule has 1 aromatic rings. The maximum absolute atomic E-state index is 11.7. The van der Waals surface area contributed by atoms with E-state index in [-0.39, 0.29) is 23.0 Å². The molecular weight excluding hydrogens is 218 g/mol. The number of aromatic hydroxyl groups is 2. The Morgan fingerprint density at radius 1 is 1.33 bits per heavy atom. The van der Waals surface area contributed by atoms with Gasteiger partial charge >= 0.3 is 0 Å². The molecule has 1 aromatic carbocycles. The fourth-order valence-electron chi connectivity index (χ4n) is 1.17. The van der Waals surface area contributed by atoms with E-state index in [4.69, 9.17) is 11.6 Å². The lowest BCUT2D eigenvalue weighted by Gasteiger charge is -2.15. The molecule has 4 nitrogen and oxygen atoms in total. The minimum atomic E-state index is -0.290. The minimum absolute atomic E-state index is 0.141. The molecule has 0 unspecified atom stereocenters. The van der Waals surface area contributed by atoms with Gasteiger partial charge in [0.1, 0.15) is 11.5 Å². The minimum Gasteiger partial charge on any atom is -0.508 e. The smallest absolute Gasteiger partial charge is 0.253 e. The van der Waals surface area contributed by atoms with Crippen LogP contribution in [0.2, 0.25) is 0 Å². The summed E-state index contributed by atoms with van der Waals surface area (Å²) in [6.07, 6.45) is 0. The van der Waals surface area contributed by atoms with Gasteiger partial charge in [-0.2, -0.15) is 0 Å². The predicted molar refractivity (Wildman–Crippen MR) is 57.5 cm³/mol. The van der Waals surface area contributed by atoms with E-state index in [1.54, 1.807) is 7.05 Å². The van der Waals surface area contributed by atoms with Gasteiger partial charge in [-0.1, -0.05) is 0 Å². The van der Waals surface area contributed by atoms with Gasteiger partial charge in [-0.25, -0.2) is 0 Å². The zero-order valence-corrected chi connectivity index (χ0v) is 9.03. The third kappa shape index (κ3) is 3.02. The van der Waals surface area contributed by atoms with Crippen molar-refractivity contribution < 1.29 is 15.0 Å². The van der Waals surface area contributed by atoms with E-state index >= 15 is 0 Å². The van der Waals surface area contributed by atoms with E-state index in [2.05, 4.69) is 0 Å². The molecule has 2 N–H and O–H groups in total.